The Morgan fingerprint density at radius 1 is 1.55 bits per heavy atom. The summed E-state index contributed by atoms with van der Waals surface area (Å²) in [6.07, 6.45) is 2.03. The molecule has 0 aromatic heterocycles. The topological polar surface area (TPSA) is 23.6 Å². The second-order valence-corrected chi connectivity index (χ2v) is 3.17. The molecule has 1 unspecified atom stereocenters. The fraction of sp³-hybridized carbons (Fsp3) is 0.875. The van der Waals surface area contributed by atoms with Crippen molar-refractivity contribution in [1.82, 2.24) is 9.80 Å². The summed E-state index contributed by atoms with van der Waals surface area (Å²) < 4.78 is 0. The summed E-state index contributed by atoms with van der Waals surface area (Å²) in [5.41, 5.74) is 0. The zero-order valence-electron chi connectivity index (χ0n) is 7.29. The molecule has 1 fully saturated rings. The number of likely N-dealkylation sites (N-methyl/N-ethyl adjacent to an activating group) is 1. The van der Waals surface area contributed by atoms with E-state index in [0.29, 0.717) is 6.04 Å². The van der Waals surface area contributed by atoms with Gasteiger partial charge in [0.15, 0.2) is 0 Å². The zero-order valence-corrected chi connectivity index (χ0v) is 7.29. The monoisotopic (exact) mass is 156 g/mol. The Balaban J connectivity index is 2.47. The van der Waals surface area contributed by atoms with E-state index in [1.807, 2.05) is 4.90 Å². The minimum absolute atomic E-state index is 0.436. The summed E-state index contributed by atoms with van der Waals surface area (Å²) in [5.74, 6) is 0. The summed E-state index contributed by atoms with van der Waals surface area (Å²) in [4.78, 5) is 14.7. The van der Waals surface area contributed by atoms with Gasteiger partial charge in [-0.25, -0.2) is 0 Å². The first-order valence-corrected chi connectivity index (χ1v) is 4.17. The minimum Gasteiger partial charge on any atom is -0.340 e. The molecule has 1 atom stereocenters. The van der Waals surface area contributed by atoms with E-state index >= 15 is 0 Å². The molecule has 1 rings (SSSR count). The molecule has 1 aliphatic rings. The van der Waals surface area contributed by atoms with Crippen molar-refractivity contribution in [2.24, 2.45) is 0 Å². The maximum Gasteiger partial charge on any atom is 0.210 e. The summed E-state index contributed by atoms with van der Waals surface area (Å²) in [7, 11) is 2.10. The molecule has 0 aromatic carbocycles. The van der Waals surface area contributed by atoms with Crippen LogP contribution in [-0.4, -0.2) is 48.9 Å². The van der Waals surface area contributed by atoms with Crippen molar-refractivity contribution in [3.05, 3.63) is 0 Å². The molecule has 11 heavy (non-hydrogen) atoms. The van der Waals surface area contributed by atoms with Gasteiger partial charge in [-0.15, -0.1) is 0 Å². The van der Waals surface area contributed by atoms with Crippen LogP contribution in [0.25, 0.3) is 0 Å². The van der Waals surface area contributed by atoms with E-state index < -0.39 is 0 Å². The first-order valence-electron chi connectivity index (χ1n) is 4.17. The number of hydrogen-bond acceptors (Lipinski definition) is 2. The molecule has 1 amide bonds. The number of nitrogens with zero attached hydrogens (tertiary/aromatic N) is 2. The van der Waals surface area contributed by atoms with Crippen LogP contribution in [0.2, 0.25) is 0 Å². The van der Waals surface area contributed by atoms with Crippen LogP contribution in [0.4, 0.5) is 0 Å². The second-order valence-electron chi connectivity index (χ2n) is 3.17. The average Bonchev–Trinajstić information content (AvgIpc) is 2.04. The number of piperazine rings is 1. The lowest BCUT2D eigenvalue weighted by atomic mass is 10.1. The quantitative estimate of drug-likeness (QED) is 0.532. The Kier molecular flexibility index (Phi) is 2.88. The smallest absolute Gasteiger partial charge is 0.210 e. The third-order valence-electron chi connectivity index (χ3n) is 2.34. The van der Waals surface area contributed by atoms with Crippen LogP contribution in [0.1, 0.15) is 13.3 Å². The number of hydrogen-bond donors (Lipinski definition) is 0. The number of carbonyl (C=O) groups is 1. The maximum absolute atomic E-state index is 10.5. The number of carbonyl (C=O) groups excluding carboxylic acids is 1. The Morgan fingerprint density at radius 2 is 2.27 bits per heavy atom. The molecule has 0 bridgehead atoms. The molecule has 3 heteroatoms. The van der Waals surface area contributed by atoms with E-state index in [9.17, 15) is 4.79 Å². The van der Waals surface area contributed by atoms with Crippen molar-refractivity contribution in [1.29, 1.82) is 0 Å². The molecule has 64 valence electrons. The molecule has 0 radical (unpaired) electrons. The number of rotatable bonds is 2. The van der Waals surface area contributed by atoms with Gasteiger partial charge in [0.05, 0.1) is 0 Å². The molecule has 1 aliphatic heterocycles. The SMILES string of the molecule is CCC1CN(C)CCN1C=O. The van der Waals surface area contributed by atoms with Crippen LogP contribution in [-0.2, 0) is 4.79 Å². The summed E-state index contributed by atoms with van der Waals surface area (Å²) in [6, 6.07) is 0.436. The molecule has 0 aliphatic carbocycles. The molecule has 3 nitrogen and oxygen atoms in total. The maximum atomic E-state index is 10.5. The lowest BCUT2D eigenvalue weighted by Gasteiger charge is -2.37. The van der Waals surface area contributed by atoms with Crippen molar-refractivity contribution in [3.8, 4) is 0 Å². The van der Waals surface area contributed by atoms with Crippen LogP contribution in [0.15, 0.2) is 0 Å². The molecular formula is C8H16N2O. The average molecular weight is 156 g/mol. The van der Waals surface area contributed by atoms with Gasteiger partial charge >= 0.3 is 0 Å². The van der Waals surface area contributed by atoms with Crippen LogP contribution in [0.5, 0.6) is 0 Å². The first kappa shape index (κ1) is 8.53. The van der Waals surface area contributed by atoms with E-state index in [1.54, 1.807) is 0 Å². The van der Waals surface area contributed by atoms with Crippen molar-refractivity contribution < 1.29 is 4.79 Å². The lowest BCUT2D eigenvalue weighted by Crippen LogP contribution is -2.50. The van der Waals surface area contributed by atoms with Crippen molar-refractivity contribution in [2.45, 2.75) is 19.4 Å². The lowest BCUT2D eigenvalue weighted by molar-refractivity contribution is -0.122. The Bertz CT molecular complexity index is 138. The number of amides is 1. The molecule has 1 heterocycles. The van der Waals surface area contributed by atoms with Gasteiger partial charge in [0.1, 0.15) is 0 Å². The van der Waals surface area contributed by atoms with E-state index in [0.717, 1.165) is 32.5 Å². The van der Waals surface area contributed by atoms with Gasteiger partial charge < -0.3 is 9.80 Å². The fourth-order valence-corrected chi connectivity index (χ4v) is 1.53. The highest BCUT2D eigenvalue weighted by Crippen LogP contribution is 2.08. The minimum atomic E-state index is 0.436. The summed E-state index contributed by atoms with van der Waals surface area (Å²) >= 11 is 0. The third kappa shape index (κ3) is 1.93. The Labute approximate surface area is 68.0 Å². The van der Waals surface area contributed by atoms with Gasteiger partial charge in [-0.3, -0.25) is 4.79 Å². The largest absolute Gasteiger partial charge is 0.340 e. The van der Waals surface area contributed by atoms with Crippen molar-refractivity contribution in [3.63, 3.8) is 0 Å². The summed E-state index contributed by atoms with van der Waals surface area (Å²) in [6.45, 7) is 5.04. The Morgan fingerprint density at radius 3 is 2.82 bits per heavy atom. The van der Waals surface area contributed by atoms with E-state index in [1.165, 1.54) is 0 Å². The van der Waals surface area contributed by atoms with Crippen molar-refractivity contribution >= 4 is 6.41 Å². The van der Waals surface area contributed by atoms with E-state index in [-0.39, 0.29) is 0 Å². The predicted octanol–water partition coefficient (Wildman–Crippen LogP) is 0.169. The fourth-order valence-electron chi connectivity index (χ4n) is 1.53. The van der Waals surface area contributed by atoms with Crippen molar-refractivity contribution in [2.75, 3.05) is 26.7 Å². The Hall–Kier alpha value is -0.570. The molecule has 0 spiro atoms. The highest BCUT2D eigenvalue weighted by molar-refractivity contribution is 5.48. The molecule has 0 aromatic rings. The summed E-state index contributed by atoms with van der Waals surface area (Å²) in [5, 5.41) is 0. The second kappa shape index (κ2) is 3.72. The zero-order chi connectivity index (χ0) is 8.27. The molecule has 0 N–H and O–H groups in total. The van der Waals surface area contributed by atoms with Crippen LogP contribution in [0.3, 0.4) is 0 Å². The van der Waals surface area contributed by atoms with Crippen LogP contribution in [0, 0.1) is 0 Å². The van der Waals surface area contributed by atoms with Gasteiger partial charge in [0, 0.05) is 25.7 Å². The highest BCUT2D eigenvalue weighted by atomic mass is 16.1. The van der Waals surface area contributed by atoms with Gasteiger partial charge in [-0.1, -0.05) is 6.92 Å². The normalized spacial score (nSPS) is 27.1. The van der Waals surface area contributed by atoms with Gasteiger partial charge in [-0.2, -0.15) is 0 Å². The van der Waals surface area contributed by atoms with E-state index in [2.05, 4.69) is 18.9 Å². The molecule has 0 saturated carbocycles. The van der Waals surface area contributed by atoms with Crippen LogP contribution < -0.4 is 0 Å². The van der Waals surface area contributed by atoms with Gasteiger partial charge in [0.25, 0.3) is 0 Å². The van der Waals surface area contributed by atoms with Crippen LogP contribution >= 0.6 is 0 Å². The van der Waals surface area contributed by atoms with Gasteiger partial charge in [0.2, 0.25) is 6.41 Å². The standard InChI is InChI=1S/C8H16N2O/c1-3-8-6-9(2)4-5-10(8)7-11/h7-8H,3-6H2,1-2H3. The third-order valence-corrected chi connectivity index (χ3v) is 2.34. The molecular weight excluding hydrogens is 140 g/mol. The van der Waals surface area contributed by atoms with Gasteiger partial charge in [-0.05, 0) is 13.5 Å². The predicted molar refractivity (Wildman–Crippen MR) is 44.3 cm³/mol. The molecule has 1 saturated heterocycles. The van der Waals surface area contributed by atoms with E-state index in [4.69, 9.17) is 0 Å². The highest BCUT2D eigenvalue weighted by Gasteiger charge is 2.21. The first-order chi connectivity index (χ1) is 5.27.